The summed E-state index contributed by atoms with van der Waals surface area (Å²) in [5.41, 5.74) is 0. The molecule has 0 aromatic rings. The Bertz CT molecular complexity index is 280. The molecule has 0 heterocycles. The summed E-state index contributed by atoms with van der Waals surface area (Å²) in [4.78, 5) is 19.2. The van der Waals surface area contributed by atoms with Crippen molar-refractivity contribution in [2.24, 2.45) is 5.92 Å². The van der Waals surface area contributed by atoms with Gasteiger partial charge in [-0.2, -0.15) is 0 Å². The van der Waals surface area contributed by atoms with E-state index in [9.17, 15) is 14.5 Å². The summed E-state index contributed by atoms with van der Waals surface area (Å²) < 4.78 is 16.0. The molecule has 0 rings (SSSR count). The summed E-state index contributed by atoms with van der Waals surface area (Å²) in [6, 6.07) is 0. The first-order chi connectivity index (χ1) is 7.72. The van der Waals surface area contributed by atoms with Crippen molar-refractivity contribution >= 4 is 43.1 Å². The molecular weight excluding hydrogens is 289 g/mol. The monoisotopic (exact) mass is 310 g/mol. The maximum absolute atomic E-state index is 11.0. The van der Waals surface area contributed by atoms with Crippen LogP contribution in [0, 0.1) is 12.6 Å². The first-order valence-corrected chi connectivity index (χ1v) is 7.54. The maximum Gasteiger partial charge on any atom is 1.00 e. The molecule has 0 amide bonds. The van der Waals surface area contributed by atoms with Gasteiger partial charge in [0.05, 0.1) is 12.8 Å². The van der Waals surface area contributed by atoms with Crippen LogP contribution in [0.2, 0.25) is 0 Å². The molecule has 8 heteroatoms. The van der Waals surface area contributed by atoms with Gasteiger partial charge >= 0.3 is 37.2 Å². The van der Waals surface area contributed by atoms with Crippen LogP contribution in [0.15, 0.2) is 0 Å². The van der Waals surface area contributed by atoms with Crippen molar-refractivity contribution in [2.45, 2.75) is 52.1 Å². The van der Waals surface area contributed by atoms with E-state index in [4.69, 9.17) is 9.42 Å². The number of carboxylic acid groups (broad SMARTS) is 1. The third-order valence-corrected chi connectivity index (χ3v) is 3.01. The fourth-order valence-corrected chi connectivity index (χ4v) is 2.28. The number of carbonyl (C=O) groups excluding carboxylic acids is 1. The van der Waals surface area contributed by atoms with Gasteiger partial charge in [0.25, 0.3) is 0 Å². The normalized spacial score (nSPS) is 15.0. The fraction of sp³-hybridized carbons (Fsp3) is 0.818. The third-order valence-electron chi connectivity index (χ3n) is 2.41. The number of unbranched alkanes of at least 4 members (excludes halogenated alkanes) is 2. The molecule has 102 valence electrons. The van der Waals surface area contributed by atoms with Crippen molar-refractivity contribution in [3.8, 4) is 0 Å². The molecule has 2 radical (unpaired) electrons. The Morgan fingerprint density at radius 1 is 1.37 bits per heavy atom. The zero-order valence-corrected chi connectivity index (χ0v) is 17.3. The zero-order chi connectivity index (χ0) is 13.5. The summed E-state index contributed by atoms with van der Waals surface area (Å²) in [7, 11) is -3.70. The van der Waals surface area contributed by atoms with Crippen LogP contribution >= 0.6 is 7.60 Å². The van der Waals surface area contributed by atoms with Gasteiger partial charge in [-0.1, -0.05) is 26.7 Å². The molecule has 0 aromatic heterocycles. The van der Waals surface area contributed by atoms with E-state index < -0.39 is 13.6 Å². The van der Waals surface area contributed by atoms with E-state index in [-0.39, 0.29) is 77.6 Å². The molecule has 0 aromatic carbocycles. The standard InChI is InChI=1S/C11H22O5P.2Na/c1-9(2)10(16-17(3,14)15)7-5-4-6-8-11(12)13;;/h9-10H,3-8H2,1-2H3,(H,12,13)(H,14,15);;/q;;+1/p-1. The maximum atomic E-state index is 11.0. The van der Waals surface area contributed by atoms with Crippen LogP contribution < -0.4 is 34.7 Å². The van der Waals surface area contributed by atoms with Crippen molar-refractivity contribution in [3.63, 3.8) is 0 Å². The van der Waals surface area contributed by atoms with Crippen LogP contribution in [-0.4, -0.2) is 46.5 Å². The van der Waals surface area contributed by atoms with Gasteiger partial charge in [0.2, 0.25) is 0 Å². The van der Waals surface area contributed by atoms with Crippen LogP contribution in [0.5, 0.6) is 0 Å². The van der Waals surface area contributed by atoms with E-state index in [1.807, 2.05) is 13.8 Å². The van der Waals surface area contributed by atoms with Gasteiger partial charge in [-0.15, -0.1) is 0 Å². The summed E-state index contributed by atoms with van der Waals surface area (Å²) in [6.45, 7) is 6.87. The van der Waals surface area contributed by atoms with Crippen LogP contribution in [-0.2, 0) is 13.9 Å². The minimum absolute atomic E-state index is 0. The van der Waals surface area contributed by atoms with Crippen molar-refractivity contribution in [1.29, 1.82) is 0 Å². The number of hydrogen-bond acceptors (Lipinski definition) is 4. The molecule has 2 unspecified atom stereocenters. The van der Waals surface area contributed by atoms with Crippen LogP contribution in [0.4, 0.5) is 0 Å². The van der Waals surface area contributed by atoms with Gasteiger partial charge in [0.15, 0.2) is 0 Å². The van der Waals surface area contributed by atoms with E-state index in [1.54, 1.807) is 0 Å². The van der Waals surface area contributed by atoms with Crippen molar-refractivity contribution in [3.05, 3.63) is 6.66 Å². The van der Waals surface area contributed by atoms with Gasteiger partial charge in [-0.25, -0.2) is 0 Å². The summed E-state index contributed by atoms with van der Waals surface area (Å²) >= 11 is 0. The Labute approximate surface area is 160 Å². The average molecular weight is 310 g/mol. The fourth-order valence-electron chi connectivity index (χ4n) is 1.51. The Morgan fingerprint density at radius 2 is 1.89 bits per heavy atom. The summed E-state index contributed by atoms with van der Waals surface area (Å²) in [5.74, 6) is -0.919. The molecule has 19 heavy (non-hydrogen) atoms. The van der Waals surface area contributed by atoms with E-state index in [0.29, 0.717) is 12.8 Å². The van der Waals surface area contributed by atoms with E-state index in [1.165, 1.54) is 0 Å². The molecule has 2 atom stereocenters. The van der Waals surface area contributed by atoms with Gasteiger partial charge in [-0.05, 0) is 25.2 Å². The molecule has 0 saturated heterocycles. The van der Waals surface area contributed by atoms with E-state index >= 15 is 0 Å². The van der Waals surface area contributed by atoms with Gasteiger partial charge in [0, 0.05) is 35.5 Å². The first-order valence-electron chi connectivity index (χ1n) is 5.78. The second-order valence-electron chi connectivity index (χ2n) is 4.50. The van der Waals surface area contributed by atoms with Crippen LogP contribution in [0.3, 0.4) is 0 Å². The average Bonchev–Trinajstić information content (AvgIpc) is 2.12. The Morgan fingerprint density at radius 3 is 2.26 bits per heavy atom. The molecule has 0 aliphatic rings. The van der Waals surface area contributed by atoms with Crippen LogP contribution in [0.1, 0.15) is 46.0 Å². The van der Waals surface area contributed by atoms with Crippen molar-refractivity contribution < 1.29 is 53.4 Å². The molecule has 0 spiro atoms. The SMILES string of the molecule is [CH2]P(=O)(O)OC(CCCCCC(=O)[O-])C(C)C.[Na+].[Na]. The summed E-state index contributed by atoms with van der Waals surface area (Å²) in [5, 5.41) is 10.2. The zero-order valence-electron chi connectivity index (χ0n) is 12.4. The molecular formula is C11H21Na2O5P. The molecule has 0 aliphatic heterocycles. The van der Waals surface area contributed by atoms with Crippen LogP contribution in [0.25, 0.3) is 0 Å². The largest absolute Gasteiger partial charge is 1.00 e. The number of carbonyl (C=O) groups is 1. The van der Waals surface area contributed by atoms with Gasteiger partial charge < -0.3 is 19.3 Å². The van der Waals surface area contributed by atoms with E-state index in [0.717, 1.165) is 12.8 Å². The molecule has 0 bridgehead atoms. The Kier molecular flexibility index (Phi) is 17.9. The minimum Gasteiger partial charge on any atom is -0.550 e. The molecule has 1 N–H and O–H groups in total. The van der Waals surface area contributed by atoms with Gasteiger partial charge in [0.1, 0.15) is 0 Å². The minimum atomic E-state index is -3.70. The second kappa shape index (κ2) is 13.3. The number of aliphatic carboxylic acids is 1. The Hall–Kier alpha value is 1.62. The number of rotatable bonds is 9. The molecule has 5 nitrogen and oxygen atoms in total. The topological polar surface area (TPSA) is 86.7 Å². The second-order valence-corrected chi connectivity index (χ2v) is 5.98. The smallest absolute Gasteiger partial charge is 0.550 e. The Balaban J connectivity index is -0.00000128. The van der Waals surface area contributed by atoms with Gasteiger partial charge in [-0.3, -0.25) is 4.57 Å². The molecule has 0 saturated carbocycles. The number of hydrogen-bond donors (Lipinski definition) is 1. The predicted molar refractivity (Wildman–Crippen MR) is 68.7 cm³/mol. The third kappa shape index (κ3) is 17.6. The number of carboxylic acids is 1. The molecule has 0 fully saturated rings. The van der Waals surface area contributed by atoms with E-state index in [2.05, 4.69) is 6.66 Å². The first kappa shape index (κ1) is 25.6. The van der Waals surface area contributed by atoms with Crippen molar-refractivity contribution in [1.82, 2.24) is 0 Å². The molecule has 0 aliphatic carbocycles. The van der Waals surface area contributed by atoms with Crippen molar-refractivity contribution in [2.75, 3.05) is 0 Å². The predicted octanol–water partition coefficient (Wildman–Crippen LogP) is -1.67. The quantitative estimate of drug-likeness (QED) is 0.313. The summed E-state index contributed by atoms with van der Waals surface area (Å²) in [6.07, 6.45) is 2.44.